The molecule has 1 atom stereocenters. The Bertz CT molecular complexity index is 484. The van der Waals surface area contributed by atoms with Crippen molar-refractivity contribution < 1.29 is 19.7 Å². The number of nitrogens with one attached hydrogen (secondary N) is 1. The first-order valence-electron chi connectivity index (χ1n) is 6.91. The fraction of sp³-hybridized carbons (Fsp3) is 0.643. The van der Waals surface area contributed by atoms with Crippen LogP contribution in [-0.4, -0.2) is 41.5 Å². The van der Waals surface area contributed by atoms with Gasteiger partial charge in [0.05, 0.1) is 0 Å². The summed E-state index contributed by atoms with van der Waals surface area (Å²) in [5.74, 6) is -0.479. The average Bonchev–Trinajstić information content (AvgIpc) is 2.94. The van der Waals surface area contributed by atoms with Crippen LogP contribution in [-0.2, 0) is 12.8 Å². The standard InChI is InChI=1S/C14H21NO4S/c1-8(2)15-6-9(16)7-19-12-10-4-3-5-11(10)20-13(12)14(17)18/h8-9,15-16H,3-7H2,1-2H3,(H,17,18). The summed E-state index contributed by atoms with van der Waals surface area (Å²) in [4.78, 5) is 12.6. The van der Waals surface area contributed by atoms with Gasteiger partial charge in [0, 0.05) is 23.0 Å². The maximum atomic E-state index is 11.2. The largest absolute Gasteiger partial charge is 0.489 e. The Morgan fingerprint density at radius 1 is 1.45 bits per heavy atom. The van der Waals surface area contributed by atoms with E-state index in [0.717, 1.165) is 29.7 Å². The molecule has 0 aromatic carbocycles. The van der Waals surface area contributed by atoms with Crippen molar-refractivity contribution in [3.8, 4) is 5.75 Å². The van der Waals surface area contributed by atoms with Crippen molar-refractivity contribution in [1.82, 2.24) is 5.32 Å². The van der Waals surface area contributed by atoms with Crippen molar-refractivity contribution in [3.05, 3.63) is 15.3 Å². The lowest BCUT2D eigenvalue weighted by molar-refractivity contribution is 0.0688. The predicted octanol–water partition coefficient (Wildman–Crippen LogP) is 1.67. The maximum Gasteiger partial charge on any atom is 0.349 e. The third kappa shape index (κ3) is 3.50. The number of aryl methyl sites for hydroxylation is 1. The molecule has 0 aliphatic heterocycles. The molecule has 0 amide bonds. The zero-order valence-electron chi connectivity index (χ0n) is 11.8. The highest BCUT2D eigenvalue weighted by Crippen LogP contribution is 2.41. The van der Waals surface area contributed by atoms with Gasteiger partial charge in [0.2, 0.25) is 0 Å². The number of aromatic carboxylic acids is 1. The van der Waals surface area contributed by atoms with Crippen LogP contribution >= 0.6 is 11.3 Å². The van der Waals surface area contributed by atoms with Crippen molar-refractivity contribution in [2.45, 2.75) is 45.3 Å². The highest BCUT2D eigenvalue weighted by molar-refractivity contribution is 7.14. The normalized spacial score (nSPS) is 15.4. The van der Waals surface area contributed by atoms with Gasteiger partial charge in [0.25, 0.3) is 0 Å². The summed E-state index contributed by atoms with van der Waals surface area (Å²) in [5, 5.41) is 22.2. The molecule has 0 radical (unpaired) electrons. The molecule has 0 fully saturated rings. The molecule has 5 nitrogen and oxygen atoms in total. The number of fused-ring (bicyclic) bond motifs is 1. The Morgan fingerprint density at radius 3 is 2.85 bits per heavy atom. The van der Waals surface area contributed by atoms with E-state index in [0.29, 0.717) is 18.3 Å². The van der Waals surface area contributed by atoms with Crippen LogP contribution in [0.1, 0.15) is 40.4 Å². The number of aliphatic hydroxyl groups is 1. The summed E-state index contributed by atoms with van der Waals surface area (Å²) in [7, 11) is 0. The number of rotatable bonds is 7. The average molecular weight is 299 g/mol. The number of ether oxygens (including phenoxy) is 1. The smallest absolute Gasteiger partial charge is 0.349 e. The molecule has 112 valence electrons. The fourth-order valence-electron chi connectivity index (χ4n) is 2.28. The van der Waals surface area contributed by atoms with Crippen molar-refractivity contribution in [2.24, 2.45) is 0 Å². The lowest BCUT2D eigenvalue weighted by Crippen LogP contribution is -2.35. The SMILES string of the molecule is CC(C)NCC(O)COc1c(C(=O)O)sc2c1CCC2. The van der Waals surface area contributed by atoms with E-state index in [1.54, 1.807) is 0 Å². The van der Waals surface area contributed by atoms with Gasteiger partial charge in [-0.05, 0) is 19.3 Å². The van der Waals surface area contributed by atoms with Crippen LogP contribution in [0, 0.1) is 0 Å². The van der Waals surface area contributed by atoms with E-state index >= 15 is 0 Å². The summed E-state index contributed by atoms with van der Waals surface area (Å²) < 4.78 is 5.61. The molecule has 6 heteroatoms. The van der Waals surface area contributed by atoms with Crippen LogP contribution in [0.3, 0.4) is 0 Å². The lowest BCUT2D eigenvalue weighted by atomic mass is 10.2. The monoisotopic (exact) mass is 299 g/mol. The minimum Gasteiger partial charge on any atom is -0.489 e. The first kappa shape index (κ1) is 15.3. The van der Waals surface area contributed by atoms with E-state index in [4.69, 9.17) is 4.74 Å². The Kier molecular flexibility index (Phi) is 5.01. The second kappa shape index (κ2) is 6.56. The number of aliphatic hydroxyl groups excluding tert-OH is 1. The van der Waals surface area contributed by atoms with Gasteiger partial charge >= 0.3 is 5.97 Å². The molecule has 1 aliphatic carbocycles. The summed E-state index contributed by atoms with van der Waals surface area (Å²) in [6.07, 6.45) is 2.21. The second-order valence-electron chi connectivity index (χ2n) is 5.35. The van der Waals surface area contributed by atoms with E-state index in [1.165, 1.54) is 11.3 Å². The van der Waals surface area contributed by atoms with E-state index in [-0.39, 0.29) is 11.5 Å². The van der Waals surface area contributed by atoms with Crippen molar-refractivity contribution in [3.63, 3.8) is 0 Å². The molecule has 0 bridgehead atoms. The summed E-state index contributed by atoms with van der Waals surface area (Å²) in [6, 6.07) is 0.296. The van der Waals surface area contributed by atoms with Gasteiger partial charge < -0.3 is 20.3 Å². The molecule has 1 heterocycles. The number of hydrogen-bond donors (Lipinski definition) is 3. The van der Waals surface area contributed by atoms with Crippen molar-refractivity contribution in [2.75, 3.05) is 13.2 Å². The van der Waals surface area contributed by atoms with Gasteiger partial charge in [-0.3, -0.25) is 0 Å². The van der Waals surface area contributed by atoms with Gasteiger partial charge in [-0.15, -0.1) is 11.3 Å². The van der Waals surface area contributed by atoms with Gasteiger partial charge in [-0.25, -0.2) is 4.79 Å². The first-order valence-corrected chi connectivity index (χ1v) is 7.72. The number of carboxylic acids is 1. The van der Waals surface area contributed by atoms with Crippen LogP contribution in [0.25, 0.3) is 0 Å². The Morgan fingerprint density at radius 2 is 2.20 bits per heavy atom. The minimum atomic E-state index is -0.950. The molecule has 0 saturated carbocycles. The van der Waals surface area contributed by atoms with Crippen LogP contribution in [0.2, 0.25) is 0 Å². The highest BCUT2D eigenvalue weighted by atomic mass is 32.1. The van der Waals surface area contributed by atoms with E-state index in [9.17, 15) is 15.0 Å². The van der Waals surface area contributed by atoms with Gasteiger partial charge in [0.15, 0.2) is 4.88 Å². The van der Waals surface area contributed by atoms with Gasteiger partial charge in [-0.2, -0.15) is 0 Å². The van der Waals surface area contributed by atoms with Crippen LogP contribution in [0.5, 0.6) is 5.75 Å². The molecule has 1 unspecified atom stereocenters. The zero-order chi connectivity index (χ0) is 14.7. The quantitative estimate of drug-likeness (QED) is 0.714. The maximum absolute atomic E-state index is 11.2. The van der Waals surface area contributed by atoms with Gasteiger partial charge in [-0.1, -0.05) is 13.8 Å². The third-order valence-electron chi connectivity index (χ3n) is 3.25. The molecular weight excluding hydrogens is 278 g/mol. The summed E-state index contributed by atoms with van der Waals surface area (Å²) in [5.41, 5.74) is 1.02. The molecular formula is C14H21NO4S. The van der Waals surface area contributed by atoms with Gasteiger partial charge in [0.1, 0.15) is 18.5 Å². The molecule has 0 spiro atoms. The minimum absolute atomic E-state index is 0.114. The summed E-state index contributed by atoms with van der Waals surface area (Å²) in [6.45, 7) is 4.55. The molecule has 3 N–H and O–H groups in total. The topological polar surface area (TPSA) is 78.8 Å². The van der Waals surface area contributed by atoms with Crippen molar-refractivity contribution >= 4 is 17.3 Å². The molecule has 1 aromatic rings. The first-order chi connectivity index (χ1) is 9.49. The predicted molar refractivity (Wildman–Crippen MR) is 77.9 cm³/mol. The van der Waals surface area contributed by atoms with Crippen LogP contribution < -0.4 is 10.1 Å². The van der Waals surface area contributed by atoms with Crippen molar-refractivity contribution in [1.29, 1.82) is 0 Å². The van der Waals surface area contributed by atoms with E-state index < -0.39 is 12.1 Å². The number of carbonyl (C=O) groups is 1. The van der Waals surface area contributed by atoms with E-state index in [1.807, 2.05) is 13.8 Å². The Balaban J connectivity index is 2.00. The molecule has 1 aliphatic rings. The fourth-order valence-corrected chi connectivity index (χ4v) is 3.45. The summed E-state index contributed by atoms with van der Waals surface area (Å²) >= 11 is 1.30. The van der Waals surface area contributed by atoms with Crippen LogP contribution in [0.15, 0.2) is 0 Å². The highest BCUT2D eigenvalue weighted by Gasteiger charge is 2.27. The second-order valence-corrected chi connectivity index (χ2v) is 6.45. The Labute approximate surface area is 122 Å². The lowest BCUT2D eigenvalue weighted by Gasteiger charge is -2.15. The Hall–Kier alpha value is -1.11. The molecule has 20 heavy (non-hydrogen) atoms. The molecule has 1 aromatic heterocycles. The molecule has 2 rings (SSSR count). The number of hydrogen-bond acceptors (Lipinski definition) is 5. The van der Waals surface area contributed by atoms with Crippen LogP contribution in [0.4, 0.5) is 0 Å². The third-order valence-corrected chi connectivity index (χ3v) is 4.51. The van der Waals surface area contributed by atoms with E-state index in [2.05, 4.69) is 5.32 Å². The molecule has 0 saturated heterocycles. The zero-order valence-corrected chi connectivity index (χ0v) is 12.6. The number of carboxylic acid groups (broad SMARTS) is 1. The number of thiophene rings is 1.